The minimum Gasteiger partial charge on any atom is -0.466 e. The van der Waals surface area contributed by atoms with Gasteiger partial charge in [-0.1, -0.05) is 129 Å². The molecule has 34 heavy (non-hydrogen) atoms. The summed E-state index contributed by atoms with van der Waals surface area (Å²) in [6, 6.07) is 0. The van der Waals surface area contributed by atoms with Crippen molar-refractivity contribution in [3.63, 3.8) is 0 Å². The van der Waals surface area contributed by atoms with Gasteiger partial charge < -0.3 is 9.47 Å². The lowest BCUT2D eigenvalue weighted by Crippen LogP contribution is -2.07. The fourth-order valence-corrected chi connectivity index (χ4v) is 5.00. The maximum atomic E-state index is 11.8. The number of ether oxygens (including phenoxy) is 2. The number of hydrogen-bond donors (Lipinski definition) is 0. The average Bonchev–Trinajstić information content (AvgIpc) is 2.84. The smallest absolute Gasteiger partial charge is 0.306 e. The third-order valence-electron chi connectivity index (χ3n) is 6.43. The minimum absolute atomic E-state index is 0.0272. The highest BCUT2D eigenvalue weighted by atomic mass is 32.2. The first-order chi connectivity index (χ1) is 16.8. The van der Waals surface area contributed by atoms with Crippen LogP contribution >= 0.6 is 11.8 Å². The molecule has 3 nitrogen and oxygen atoms in total. The van der Waals surface area contributed by atoms with Gasteiger partial charge in [0.25, 0.3) is 0 Å². The summed E-state index contributed by atoms with van der Waals surface area (Å²) < 4.78 is 11.1. The topological polar surface area (TPSA) is 35.5 Å². The quantitative estimate of drug-likeness (QED) is 0.0756. The molecule has 0 bridgehead atoms. The lowest BCUT2D eigenvalue weighted by atomic mass is 10.1. The van der Waals surface area contributed by atoms with E-state index in [9.17, 15) is 4.79 Å². The molecular weight excluding hydrogens is 440 g/mol. The first-order valence-corrected chi connectivity index (χ1v) is 16.3. The molecule has 0 spiro atoms. The second-order valence-corrected chi connectivity index (χ2v) is 11.1. The predicted molar refractivity (Wildman–Crippen MR) is 152 cm³/mol. The predicted octanol–water partition coefficient (Wildman–Crippen LogP) is 9.90. The third kappa shape index (κ3) is 29.8. The summed E-state index contributed by atoms with van der Waals surface area (Å²) in [5.41, 5.74) is 0. The molecule has 0 N–H and O–H groups in total. The van der Waals surface area contributed by atoms with Gasteiger partial charge in [-0.05, 0) is 25.0 Å². The maximum absolute atomic E-state index is 11.8. The van der Waals surface area contributed by atoms with Crippen molar-refractivity contribution in [1.29, 1.82) is 0 Å². The van der Waals surface area contributed by atoms with Crippen LogP contribution in [0.25, 0.3) is 0 Å². The molecule has 204 valence electrons. The van der Waals surface area contributed by atoms with E-state index in [1.165, 1.54) is 122 Å². The zero-order valence-electron chi connectivity index (χ0n) is 23.2. The molecule has 0 saturated carbocycles. The van der Waals surface area contributed by atoms with Gasteiger partial charge >= 0.3 is 5.97 Å². The number of unbranched alkanes of at least 4 members (excludes halogenated alkanes) is 18. The van der Waals surface area contributed by atoms with E-state index in [1.807, 2.05) is 11.8 Å². The van der Waals surface area contributed by atoms with Crippen molar-refractivity contribution in [2.45, 2.75) is 155 Å². The molecule has 0 aromatic heterocycles. The first kappa shape index (κ1) is 33.8. The number of rotatable bonds is 29. The Bertz CT molecular complexity index is 389. The lowest BCUT2D eigenvalue weighted by Gasteiger charge is -2.06. The van der Waals surface area contributed by atoms with Gasteiger partial charge in [-0.2, -0.15) is 11.8 Å². The molecular formula is C30H60O3S. The van der Waals surface area contributed by atoms with Crippen LogP contribution < -0.4 is 0 Å². The Morgan fingerprint density at radius 3 is 1.41 bits per heavy atom. The summed E-state index contributed by atoms with van der Waals surface area (Å²) in [4.78, 5) is 11.8. The van der Waals surface area contributed by atoms with Gasteiger partial charge in [-0.25, -0.2) is 0 Å². The number of hydrogen-bond acceptors (Lipinski definition) is 4. The molecule has 0 aromatic rings. The molecule has 0 aliphatic carbocycles. The second-order valence-electron chi connectivity index (χ2n) is 9.91. The first-order valence-electron chi connectivity index (χ1n) is 15.1. The van der Waals surface area contributed by atoms with Gasteiger partial charge in [0.1, 0.15) is 0 Å². The summed E-state index contributed by atoms with van der Waals surface area (Å²) >= 11 is 1.84. The van der Waals surface area contributed by atoms with Crippen LogP contribution in [0.2, 0.25) is 0 Å². The molecule has 0 saturated heterocycles. The Morgan fingerprint density at radius 1 is 0.500 bits per heavy atom. The van der Waals surface area contributed by atoms with Crippen LogP contribution in [0.3, 0.4) is 0 Å². The molecule has 0 fully saturated rings. The van der Waals surface area contributed by atoms with Crippen molar-refractivity contribution >= 4 is 17.7 Å². The Kier molecular flexibility index (Phi) is 30.6. The lowest BCUT2D eigenvalue weighted by molar-refractivity contribution is -0.143. The summed E-state index contributed by atoms with van der Waals surface area (Å²) in [5.74, 6) is 1.92. The fourth-order valence-electron chi connectivity index (χ4n) is 4.16. The number of esters is 1. The van der Waals surface area contributed by atoms with Gasteiger partial charge in [0.15, 0.2) is 0 Å². The number of carbonyl (C=O) groups excluding carboxylic acids is 1. The van der Waals surface area contributed by atoms with Crippen LogP contribution in [0.1, 0.15) is 155 Å². The Labute approximate surface area is 218 Å². The summed E-state index contributed by atoms with van der Waals surface area (Å²) in [7, 11) is 0. The van der Waals surface area contributed by atoms with Gasteiger partial charge in [-0.15, -0.1) is 0 Å². The minimum atomic E-state index is -0.0272. The summed E-state index contributed by atoms with van der Waals surface area (Å²) in [6.07, 6.45) is 28.4. The van der Waals surface area contributed by atoms with Crippen molar-refractivity contribution in [1.82, 2.24) is 0 Å². The molecule has 0 aliphatic rings. The monoisotopic (exact) mass is 500 g/mol. The second kappa shape index (κ2) is 30.8. The van der Waals surface area contributed by atoms with Crippen LogP contribution in [0, 0.1) is 0 Å². The maximum Gasteiger partial charge on any atom is 0.306 e. The van der Waals surface area contributed by atoms with Crippen LogP contribution in [-0.2, 0) is 14.3 Å². The van der Waals surface area contributed by atoms with E-state index in [0.717, 1.165) is 37.6 Å². The SMILES string of the molecule is CCCCCCCCCCCCOCCCSCCC(=O)OCCCCCCCCCCCC. The van der Waals surface area contributed by atoms with Gasteiger partial charge in [0.05, 0.1) is 13.0 Å². The molecule has 0 amide bonds. The van der Waals surface area contributed by atoms with Crippen molar-refractivity contribution in [2.24, 2.45) is 0 Å². The standard InChI is InChI=1S/C30H60O3S/c1-3-5-7-9-11-13-15-17-19-21-25-32-26-23-28-34-29-24-30(31)33-27-22-20-18-16-14-12-10-8-6-4-2/h3-29H2,1-2H3. The summed E-state index contributed by atoms with van der Waals surface area (Å²) in [6.45, 7) is 6.91. The summed E-state index contributed by atoms with van der Waals surface area (Å²) in [5, 5.41) is 0. The highest BCUT2D eigenvalue weighted by Gasteiger charge is 2.03. The van der Waals surface area contributed by atoms with Crippen molar-refractivity contribution in [2.75, 3.05) is 31.3 Å². The number of carbonyl (C=O) groups is 1. The Balaban J connectivity index is 3.13. The molecule has 0 atom stereocenters. The number of thioether (sulfide) groups is 1. The largest absolute Gasteiger partial charge is 0.466 e. The van der Waals surface area contributed by atoms with E-state index in [0.29, 0.717) is 13.0 Å². The van der Waals surface area contributed by atoms with E-state index in [-0.39, 0.29) is 5.97 Å². The van der Waals surface area contributed by atoms with Crippen molar-refractivity contribution in [3.8, 4) is 0 Å². The molecule has 4 heteroatoms. The fraction of sp³-hybridized carbons (Fsp3) is 0.967. The van der Waals surface area contributed by atoms with Crippen LogP contribution in [0.15, 0.2) is 0 Å². The Morgan fingerprint density at radius 2 is 0.912 bits per heavy atom. The van der Waals surface area contributed by atoms with Crippen molar-refractivity contribution < 1.29 is 14.3 Å². The third-order valence-corrected chi connectivity index (χ3v) is 7.50. The molecule has 0 rings (SSSR count). The average molecular weight is 501 g/mol. The Hall–Kier alpha value is -0.220. The normalized spacial score (nSPS) is 11.2. The zero-order valence-corrected chi connectivity index (χ0v) is 24.0. The van der Waals surface area contributed by atoms with Gasteiger partial charge in [0, 0.05) is 19.0 Å². The van der Waals surface area contributed by atoms with Gasteiger partial charge in [-0.3, -0.25) is 4.79 Å². The van der Waals surface area contributed by atoms with Gasteiger partial charge in [0.2, 0.25) is 0 Å². The molecule has 0 radical (unpaired) electrons. The highest BCUT2D eigenvalue weighted by Crippen LogP contribution is 2.12. The van der Waals surface area contributed by atoms with E-state index < -0.39 is 0 Å². The highest BCUT2D eigenvalue weighted by molar-refractivity contribution is 7.99. The van der Waals surface area contributed by atoms with Crippen LogP contribution in [0.5, 0.6) is 0 Å². The van der Waals surface area contributed by atoms with E-state index in [2.05, 4.69) is 13.8 Å². The molecule has 0 unspecified atom stereocenters. The van der Waals surface area contributed by atoms with E-state index in [1.54, 1.807) is 0 Å². The molecule has 0 heterocycles. The molecule has 0 aliphatic heterocycles. The van der Waals surface area contributed by atoms with Crippen molar-refractivity contribution in [3.05, 3.63) is 0 Å². The van der Waals surface area contributed by atoms with E-state index in [4.69, 9.17) is 9.47 Å². The molecule has 0 aromatic carbocycles. The van der Waals surface area contributed by atoms with E-state index >= 15 is 0 Å². The zero-order chi connectivity index (χ0) is 24.8. The van der Waals surface area contributed by atoms with Crippen LogP contribution in [0.4, 0.5) is 0 Å². The van der Waals surface area contributed by atoms with Crippen LogP contribution in [-0.4, -0.2) is 37.3 Å².